The fourth-order valence-corrected chi connectivity index (χ4v) is 1.84. The zero-order chi connectivity index (χ0) is 9.68. The molecule has 13 heavy (non-hydrogen) atoms. The highest BCUT2D eigenvalue weighted by Crippen LogP contribution is 2.21. The summed E-state index contributed by atoms with van der Waals surface area (Å²) >= 11 is 7.24. The number of thioether (sulfide) groups is 1. The quantitative estimate of drug-likeness (QED) is 0.563. The highest BCUT2D eigenvalue weighted by atomic mass is 35.5. The van der Waals surface area contributed by atoms with Gasteiger partial charge >= 0.3 is 0 Å². The van der Waals surface area contributed by atoms with Crippen LogP contribution in [0.25, 0.3) is 0 Å². The van der Waals surface area contributed by atoms with Crippen LogP contribution in [0, 0.1) is 0 Å². The summed E-state index contributed by atoms with van der Waals surface area (Å²) in [6, 6.07) is 7.43. The Balaban J connectivity index is 2.54. The van der Waals surface area contributed by atoms with Gasteiger partial charge in [0, 0.05) is 9.92 Å². The van der Waals surface area contributed by atoms with E-state index in [2.05, 4.69) is 6.58 Å². The smallest absolute Gasteiger partial charge is 0.165 e. The van der Waals surface area contributed by atoms with E-state index in [-0.39, 0.29) is 5.78 Å². The van der Waals surface area contributed by atoms with Gasteiger partial charge in [-0.2, -0.15) is 0 Å². The number of benzene rings is 1. The van der Waals surface area contributed by atoms with Gasteiger partial charge < -0.3 is 0 Å². The molecule has 0 amide bonds. The van der Waals surface area contributed by atoms with Crippen molar-refractivity contribution >= 4 is 29.1 Å². The van der Waals surface area contributed by atoms with Gasteiger partial charge in [-0.25, -0.2) is 0 Å². The molecule has 0 unspecified atom stereocenters. The molecule has 1 aromatic carbocycles. The largest absolute Gasteiger partial charge is 0.294 e. The maximum atomic E-state index is 10.9. The number of hydrogen-bond donors (Lipinski definition) is 0. The van der Waals surface area contributed by atoms with E-state index >= 15 is 0 Å². The van der Waals surface area contributed by atoms with Crippen molar-refractivity contribution in [1.82, 2.24) is 0 Å². The minimum absolute atomic E-state index is 0.0324. The Labute approximate surface area is 86.8 Å². The third kappa shape index (κ3) is 3.66. The second kappa shape index (κ2) is 5.10. The van der Waals surface area contributed by atoms with Gasteiger partial charge in [0.25, 0.3) is 0 Å². The molecule has 0 N–H and O–H groups in total. The molecule has 1 rings (SSSR count). The van der Waals surface area contributed by atoms with E-state index < -0.39 is 0 Å². The summed E-state index contributed by atoms with van der Waals surface area (Å²) in [6.07, 6.45) is 1.33. The van der Waals surface area contributed by atoms with Gasteiger partial charge in [0.2, 0.25) is 0 Å². The summed E-state index contributed by atoms with van der Waals surface area (Å²) in [4.78, 5) is 11.9. The van der Waals surface area contributed by atoms with Crippen molar-refractivity contribution in [3.05, 3.63) is 41.9 Å². The number of carbonyl (C=O) groups is 1. The number of ketones is 1. The average Bonchev–Trinajstić information content (AvgIpc) is 2.14. The third-order valence-corrected chi connectivity index (χ3v) is 2.66. The lowest BCUT2D eigenvalue weighted by molar-refractivity contribution is -0.112. The Kier molecular flexibility index (Phi) is 4.06. The van der Waals surface area contributed by atoms with Crippen LogP contribution < -0.4 is 0 Å². The Hall–Kier alpha value is -0.730. The molecular weight excluding hydrogens is 204 g/mol. The van der Waals surface area contributed by atoms with E-state index in [9.17, 15) is 4.79 Å². The molecule has 0 saturated carbocycles. The molecule has 3 heteroatoms. The minimum Gasteiger partial charge on any atom is -0.294 e. The van der Waals surface area contributed by atoms with E-state index in [1.54, 1.807) is 6.07 Å². The van der Waals surface area contributed by atoms with E-state index in [0.717, 1.165) is 4.90 Å². The zero-order valence-electron chi connectivity index (χ0n) is 7.00. The average molecular weight is 213 g/mol. The van der Waals surface area contributed by atoms with Crippen LogP contribution in [0.3, 0.4) is 0 Å². The Morgan fingerprint density at radius 3 is 3.00 bits per heavy atom. The summed E-state index contributed by atoms with van der Waals surface area (Å²) in [5.41, 5.74) is 0. The molecule has 0 saturated heterocycles. The molecule has 68 valence electrons. The standard InChI is InChI=1S/C10H9ClOS/c1-2-9(12)7-13-10-5-3-4-8(11)6-10/h2-6H,1,7H2. The van der Waals surface area contributed by atoms with Crippen molar-refractivity contribution in [2.45, 2.75) is 4.90 Å². The van der Waals surface area contributed by atoms with Gasteiger partial charge in [0.15, 0.2) is 5.78 Å². The van der Waals surface area contributed by atoms with Crippen molar-refractivity contribution in [2.24, 2.45) is 0 Å². The summed E-state index contributed by atoms with van der Waals surface area (Å²) in [6.45, 7) is 3.40. The number of allylic oxidation sites excluding steroid dienone is 1. The van der Waals surface area contributed by atoms with Crippen LogP contribution in [0.2, 0.25) is 5.02 Å². The SMILES string of the molecule is C=CC(=O)CSc1cccc(Cl)c1. The van der Waals surface area contributed by atoms with Gasteiger partial charge in [-0.15, -0.1) is 11.8 Å². The van der Waals surface area contributed by atoms with E-state index in [0.29, 0.717) is 10.8 Å². The highest BCUT2D eigenvalue weighted by molar-refractivity contribution is 8.00. The second-order valence-electron chi connectivity index (χ2n) is 2.42. The molecule has 0 aliphatic heterocycles. The monoisotopic (exact) mass is 212 g/mol. The molecule has 0 aliphatic rings. The minimum atomic E-state index is 0.0324. The maximum Gasteiger partial charge on any atom is 0.165 e. The number of rotatable bonds is 4. The zero-order valence-corrected chi connectivity index (χ0v) is 8.57. The maximum absolute atomic E-state index is 10.9. The molecule has 0 aromatic heterocycles. The molecule has 1 nitrogen and oxygen atoms in total. The molecule has 0 spiro atoms. The third-order valence-electron chi connectivity index (χ3n) is 1.40. The molecule has 1 aromatic rings. The molecule has 0 atom stereocenters. The first-order valence-corrected chi connectivity index (χ1v) is 5.12. The van der Waals surface area contributed by atoms with Gasteiger partial charge in [-0.3, -0.25) is 4.79 Å². The van der Waals surface area contributed by atoms with E-state index in [1.807, 2.05) is 18.2 Å². The first kappa shape index (κ1) is 10.4. The molecule has 0 fully saturated rings. The van der Waals surface area contributed by atoms with Crippen molar-refractivity contribution in [3.8, 4) is 0 Å². The lowest BCUT2D eigenvalue weighted by Crippen LogP contribution is -1.94. The van der Waals surface area contributed by atoms with Crippen LogP contribution in [-0.2, 0) is 4.79 Å². The van der Waals surface area contributed by atoms with Gasteiger partial charge in [-0.1, -0.05) is 24.2 Å². The fourth-order valence-electron chi connectivity index (χ4n) is 0.770. The summed E-state index contributed by atoms with van der Waals surface area (Å²) in [7, 11) is 0. The fraction of sp³-hybridized carbons (Fsp3) is 0.100. The first-order valence-electron chi connectivity index (χ1n) is 3.76. The molecule has 0 bridgehead atoms. The van der Waals surface area contributed by atoms with E-state index in [4.69, 9.17) is 11.6 Å². The topological polar surface area (TPSA) is 17.1 Å². The van der Waals surface area contributed by atoms with Crippen molar-refractivity contribution in [1.29, 1.82) is 0 Å². The summed E-state index contributed by atoms with van der Waals surface area (Å²) in [5, 5.41) is 0.691. The highest BCUT2D eigenvalue weighted by Gasteiger charge is 1.98. The van der Waals surface area contributed by atoms with Crippen molar-refractivity contribution < 1.29 is 4.79 Å². The second-order valence-corrected chi connectivity index (χ2v) is 3.90. The van der Waals surface area contributed by atoms with Gasteiger partial charge in [0.05, 0.1) is 5.75 Å². The lowest BCUT2D eigenvalue weighted by Gasteiger charge is -1.98. The summed E-state index contributed by atoms with van der Waals surface area (Å²) < 4.78 is 0. The lowest BCUT2D eigenvalue weighted by atomic mass is 10.4. The van der Waals surface area contributed by atoms with Crippen LogP contribution >= 0.6 is 23.4 Å². The Morgan fingerprint density at radius 2 is 2.38 bits per heavy atom. The molecule has 0 radical (unpaired) electrons. The van der Waals surface area contributed by atoms with Crippen LogP contribution in [0.1, 0.15) is 0 Å². The van der Waals surface area contributed by atoms with Crippen molar-refractivity contribution in [3.63, 3.8) is 0 Å². The number of carbonyl (C=O) groups excluding carboxylic acids is 1. The molecular formula is C10H9ClOS. The summed E-state index contributed by atoms with van der Waals surface area (Å²) in [5.74, 6) is 0.453. The molecule has 0 heterocycles. The van der Waals surface area contributed by atoms with E-state index in [1.165, 1.54) is 17.8 Å². The van der Waals surface area contributed by atoms with Crippen LogP contribution in [-0.4, -0.2) is 11.5 Å². The predicted octanol–water partition coefficient (Wildman–Crippen LogP) is 3.19. The number of halogens is 1. The number of hydrogen-bond acceptors (Lipinski definition) is 2. The van der Waals surface area contributed by atoms with Crippen LogP contribution in [0.4, 0.5) is 0 Å². The van der Waals surface area contributed by atoms with Gasteiger partial charge in [-0.05, 0) is 24.3 Å². The normalized spacial score (nSPS) is 9.62. The van der Waals surface area contributed by atoms with Crippen LogP contribution in [0.15, 0.2) is 41.8 Å². The van der Waals surface area contributed by atoms with Gasteiger partial charge in [0.1, 0.15) is 0 Å². The Bertz CT molecular complexity index is 322. The van der Waals surface area contributed by atoms with Crippen molar-refractivity contribution in [2.75, 3.05) is 5.75 Å². The predicted molar refractivity (Wildman–Crippen MR) is 57.4 cm³/mol. The van der Waals surface area contributed by atoms with Crippen LogP contribution in [0.5, 0.6) is 0 Å². The Morgan fingerprint density at radius 1 is 1.62 bits per heavy atom. The first-order chi connectivity index (χ1) is 6.22. The molecule has 0 aliphatic carbocycles.